The molecule has 0 aromatic heterocycles. The molecule has 19 heavy (non-hydrogen) atoms. The summed E-state index contributed by atoms with van der Waals surface area (Å²) in [5.74, 6) is -0.0118. The van der Waals surface area contributed by atoms with Crippen LogP contribution in [0.15, 0.2) is 24.3 Å². The fourth-order valence-electron chi connectivity index (χ4n) is 2.18. The lowest BCUT2D eigenvalue weighted by Gasteiger charge is -2.11. The lowest BCUT2D eigenvalue weighted by atomic mass is 10.1. The smallest absolute Gasteiger partial charge is 0.238 e. The van der Waals surface area contributed by atoms with Gasteiger partial charge in [0.1, 0.15) is 0 Å². The molecular formula is C15H22N2O2. The van der Waals surface area contributed by atoms with Gasteiger partial charge in [0, 0.05) is 18.8 Å². The highest BCUT2D eigenvalue weighted by Gasteiger charge is 2.14. The van der Waals surface area contributed by atoms with Crippen molar-refractivity contribution in [2.45, 2.75) is 32.3 Å². The topological polar surface area (TPSA) is 50.4 Å². The van der Waals surface area contributed by atoms with E-state index in [-0.39, 0.29) is 12.0 Å². The zero-order valence-corrected chi connectivity index (χ0v) is 11.4. The number of aryl methyl sites for hydroxylation is 1. The van der Waals surface area contributed by atoms with Crippen molar-refractivity contribution in [3.05, 3.63) is 29.8 Å². The summed E-state index contributed by atoms with van der Waals surface area (Å²) in [5.41, 5.74) is 2.12. The number of nitrogens with one attached hydrogen (secondary N) is 2. The summed E-state index contributed by atoms with van der Waals surface area (Å²) in [6, 6.07) is 7.96. The molecular weight excluding hydrogens is 240 g/mol. The first-order valence-electron chi connectivity index (χ1n) is 6.99. The van der Waals surface area contributed by atoms with Gasteiger partial charge in [-0.25, -0.2) is 0 Å². The fraction of sp³-hybridized carbons (Fsp3) is 0.533. The number of amides is 1. The predicted octanol–water partition coefficient (Wildman–Crippen LogP) is 1.96. The number of carbonyl (C=O) groups excluding carboxylic acids is 1. The number of hydrogen-bond acceptors (Lipinski definition) is 3. The van der Waals surface area contributed by atoms with E-state index < -0.39 is 0 Å². The molecule has 1 fully saturated rings. The molecule has 0 saturated carbocycles. The lowest BCUT2D eigenvalue weighted by Crippen LogP contribution is -2.33. The molecule has 1 heterocycles. The van der Waals surface area contributed by atoms with Crippen LogP contribution in [-0.4, -0.2) is 31.7 Å². The second-order valence-corrected chi connectivity index (χ2v) is 4.86. The summed E-state index contributed by atoms with van der Waals surface area (Å²) in [7, 11) is 0. The van der Waals surface area contributed by atoms with Gasteiger partial charge in [0.2, 0.25) is 5.91 Å². The summed E-state index contributed by atoms with van der Waals surface area (Å²) in [6.07, 6.45) is 3.50. The molecule has 0 bridgehead atoms. The van der Waals surface area contributed by atoms with Crippen molar-refractivity contribution in [2.75, 3.05) is 25.0 Å². The molecule has 1 aliphatic rings. The SMILES string of the molecule is CCc1ccc(NC(=O)CNC[C@H]2CCCO2)cc1. The first-order chi connectivity index (χ1) is 9.28. The highest BCUT2D eigenvalue weighted by atomic mass is 16.5. The Labute approximate surface area is 114 Å². The van der Waals surface area contributed by atoms with Gasteiger partial charge in [-0.05, 0) is 37.0 Å². The van der Waals surface area contributed by atoms with Crippen molar-refractivity contribution in [2.24, 2.45) is 0 Å². The zero-order valence-electron chi connectivity index (χ0n) is 11.4. The van der Waals surface area contributed by atoms with Gasteiger partial charge in [-0.15, -0.1) is 0 Å². The number of rotatable bonds is 6. The van der Waals surface area contributed by atoms with Crippen LogP contribution in [0.5, 0.6) is 0 Å². The van der Waals surface area contributed by atoms with Crippen LogP contribution in [0.4, 0.5) is 5.69 Å². The van der Waals surface area contributed by atoms with Gasteiger partial charge in [-0.1, -0.05) is 19.1 Å². The summed E-state index contributed by atoms with van der Waals surface area (Å²) in [6.45, 7) is 4.04. The molecule has 0 unspecified atom stereocenters. The zero-order chi connectivity index (χ0) is 13.5. The van der Waals surface area contributed by atoms with Crippen LogP contribution in [0.2, 0.25) is 0 Å². The predicted molar refractivity (Wildman–Crippen MR) is 76.3 cm³/mol. The van der Waals surface area contributed by atoms with Crippen molar-refractivity contribution >= 4 is 11.6 Å². The van der Waals surface area contributed by atoms with Gasteiger partial charge in [0.15, 0.2) is 0 Å². The first-order valence-corrected chi connectivity index (χ1v) is 6.99. The van der Waals surface area contributed by atoms with Gasteiger partial charge in [-0.3, -0.25) is 4.79 Å². The average Bonchev–Trinajstić information content (AvgIpc) is 2.93. The molecule has 1 atom stereocenters. The van der Waals surface area contributed by atoms with E-state index in [0.29, 0.717) is 6.54 Å². The van der Waals surface area contributed by atoms with Crippen LogP contribution >= 0.6 is 0 Å². The van der Waals surface area contributed by atoms with Gasteiger partial charge in [0.25, 0.3) is 0 Å². The average molecular weight is 262 g/mol. The van der Waals surface area contributed by atoms with Gasteiger partial charge < -0.3 is 15.4 Å². The van der Waals surface area contributed by atoms with Crippen LogP contribution in [0.25, 0.3) is 0 Å². The third-order valence-electron chi connectivity index (χ3n) is 3.33. The van der Waals surface area contributed by atoms with Crippen LogP contribution < -0.4 is 10.6 Å². The van der Waals surface area contributed by atoms with E-state index in [0.717, 1.165) is 38.1 Å². The number of ether oxygens (including phenoxy) is 1. The summed E-state index contributed by atoms with van der Waals surface area (Å²) >= 11 is 0. The molecule has 1 aliphatic heterocycles. The molecule has 2 rings (SSSR count). The molecule has 1 aromatic carbocycles. The second kappa shape index (κ2) is 7.26. The van der Waals surface area contributed by atoms with Crippen LogP contribution in [0.3, 0.4) is 0 Å². The molecule has 104 valence electrons. The van der Waals surface area contributed by atoms with Crippen molar-refractivity contribution in [1.82, 2.24) is 5.32 Å². The first kappa shape index (κ1) is 14.0. The molecule has 1 saturated heterocycles. The Balaban J connectivity index is 1.68. The highest BCUT2D eigenvalue weighted by molar-refractivity contribution is 5.92. The maximum absolute atomic E-state index is 11.7. The minimum Gasteiger partial charge on any atom is -0.377 e. The Bertz CT molecular complexity index is 397. The lowest BCUT2D eigenvalue weighted by molar-refractivity contribution is -0.115. The van der Waals surface area contributed by atoms with E-state index in [1.165, 1.54) is 5.56 Å². The van der Waals surface area contributed by atoms with Crippen LogP contribution in [0, 0.1) is 0 Å². The molecule has 0 spiro atoms. The van der Waals surface area contributed by atoms with E-state index in [2.05, 4.69) is 17.6 Å². The molecule has 4 heteroatoms. The Morgan fingerprint density at radius 2 is 2.16 bits per heavy atom. The van der Waals surface area contributed by atoms with Gasteiger partial charge in [0.05, 0.1) is 12.6 Å². The Morgan fingerprint density at radius 3 is 2.79 bits per heavy atom. The quantitative estimate of drug-likeness (QED) is 0.824. The number of benzene rings is 1. The minimum atomic E-state index is -0.0118. The van der Waals surface area contributed by atoms with E-state index in [4.69, 9.17) is 4.74 Å². The summed E-state index contributed by atoms with van der Waals surface area (Å²) in [5, 5.41) is 6.01. The maximum Gasteiger partial charge on any atom is 0.238 e. The number of hydrogen-bond donors (Lipinski definition) is 2. The van der Waals surface area contributed by atoms with Crippen molar-refractivity contribution in [1.29, 1.82) is 0 Å². The number of anilines is 1. The Morgan fingerprint density at radius 1 is 1.37 bits per heavy atom. The highest BCUT2D eigenvalue weighted by Crippen LogP contribution is 2.11. The Kier molecular flexibility index (Phi) is 5.36. The van der Waals surface area contributed by atoms with Crippen LogP contribution in [0.1, 0.15) is 25.3 Å². The monoisotopic (exact) mass is 262 g/mol. The van der Waals surface area contributed by atoms with E-state index in [9.17, 15) is 4.79 Å². The van der Waals surface area contributed by atoms with E-state index in [1.54, 1.807) is 0 Å². The van der Waals surface area contributed by atoms with Gasteiger partial charge in [-0.2, -0.15) is 0 Å². The van der Waals surface area contributed by atoms with Gasteiger partial charge >= 0.3 is 0 Å². The molecule has 0 radical (unpaired) electrons. The summed E-state index contributed by atoms with van der Waals surface area (Å²) < 4.78 is 5.48. The standard InChI is InChI=1S/C15H22N2O2/c1-2-12-5-7-13(8-6-12)17-15(18)11-16-10-14-4-3-9-19-14/h5-8,14,16H,2-4,9-11H2,1H3,(H,17,18)/t14-/m1/s1. The van der Waals surface area contributed by atoms with Crippen molar-refractivity contribution < 1.29 is 9.53 Å². The fourth-order valence-corrected chi connectivity index (χ4v) is 2.18. The normalized spacial score (nSPS) is 18.5. The Hall–Kier alpha value is -1.39. The summed E-state index contributed by atoms with van der Waals surface area (Å²) in [4.78, 5) is 11.7. The molecule has 1 amide bonds. The van der Waals surface area contributed by atoms with Crippen molar-refractivity contribution in [3.8, 4) is 0 Å². The van der Waals surface area contributed by atoms with Crippen LogP contribution in [-0.2, 0) is 16.0 Å². The third-order valence-corrected chi connectivity index (χ3v) is 3.33. The van der Waals surface area contributed by atoms with Crippen molar-refractivity contribution in [3.63, 3.8) is 0 Å². The van der Waals surface area contributed by atoms with E-state index in [1.807, 2.05) is 24.3 Å². The minimum absolute atomic E-state index is 0.0118. The number of carbonyl (C=O) groups is 1. The van der Waals surface area contributed by atoms with E-state index >= 15 is 0 Å². The molecule has 4 nitrogen and oxygen atoms in total. The molecule has 2 N–H and O–H groups in total. The largest absolute Gasteiger partial charge is 0.377 e. The maximum atomic E-state index is 11.7. The second-order valence-electron chi connectivity index (χ2n) is 4.86. The third kappa shape index (κ3) is 4.65. The molecule has 0 aliphatic carbocycles. The molecule has 1 aromatic rings.